The van der Waals surface area contributed by atoms with E-state index in [9.17, 15) is 9.59 Å². The van der Waals surface area contributed by atoms with Crippen LogP contribution in [0, 0.1) is 0 Å². The molecule has 5 nitrogen and oxygen atoms in total. The van der Waals surface area contributed by atoms with Gasteiger partial charge in [0, 0.05) is 11.4 Å². The van der Waals surface area contributed by atoms with Crippen LogP contribution in [-0.4, -0.2) is 24.1 Å². The van der Waals surface area contributed by atoms with Crippen LogP contribution < -0.4 is 15.4 Å². The molecule has 2 aromatic rings. The van der Waals surface area contributed by atoms with Crippen molar-refractivity contribution in [3.63, 3.8) is 0 Å². The predicted octanol–water partition coefficient (Wildman–Crippen LogP) is 3.77. The van der Waals surface area contributed by atoms with Crippen molar-refractivity contribution in [1.29, 1.82) is 0 Å². The largest absolute Gasteiger partial charge is 0.480 e. The second-order valence-electron chi connectivity index (χ2n) is 6.54. The Labute approximate surface area is 147 Å². The fourth-order valence-corrected chi connectivity index (χ4v) is 3.22. The summed E-state index contributed by atoms with van der Waals surface area (Å²) in [5, 5.41) is 7.24. The van der Waals surface area contributed by atoms with E-state index in [1.807, 2.05) is 42.5 Å². The third-order valence-corrected chi connectivity index (χ3v) is 4.60. The Kier molecular flexibility index (Phi) is 5.53. The number of amides is 3. The first kappa shape index (κ1) is 17.3. The lowest BCUT2D eigenvalue weighted by molar-refractivity contribution is -0.126. The van der Waals surface area contributed by atoms with Crippen LogP contribution in [0.5, 0.6) is 5.75 Å². The summed E-state index contributed by atoms with van der Waals surface area (Å²) in [5.74, 6) is 0.190. The van der Waals surface area contributed by atoms with Gasteiger partial charge in [0.2, 0.25) is 0 Å². The second-order valence-corrected chi connectivity index (χ2v) is 6.54. The minimum Gasteiger partial charge on any atom is -0.480 e. The molecule has 1 aliphatic rings. The average Bonchev–Trinajstić information content (AvgIpc) is 2.62. The maximum atomic E-state index is 12.2. The van der Waals surface area contributed by atoms with Gasteiger partial charge in [-0.3, -0.25) is 10.1 Å². The minimum absolute atomic E-state index is 0.163. The zero-order valence-electron chi connectivity index (χ0n) is 14.5. The quantitative estimate of drug-likeness (QED) is 0.890. The highest BCUT2D eigenvalue weighted by Gasteiger charge is 2.21. The van der Waals surface area contributed by atoms with Crippen molar-refractivity contribution in [3.05, 3.63) is 42.5 Å². The number of urea groups is 1. The van der Waals surface area contributed by atoms with E-state index in [1.165, 1.54) is 6.42 Å². The lowest BCUT2D eigenvalue weighted by Crippen LogP contribution is -2.48. The van der Waals surface area contributed by atoms with Crippen molar-refractivity contribution < 1.29 is 14.3 Å². The number of imide groups is 1. The van der Waals surface area contributed by atoms with E-state index >= 15 is 0 Å². The number of hydrogen-bond donors (Lipinski definition) is 2. The number of ether oxygens (including phenoxy) is 1. The molecule has 0 aromatic heterocycles. The smallest absolute Gasteiger partial charge is 0.321 e. The molecule has 0 aliphatic heterocycles. The Bertz CT molecular complexity index is 748. The molecule has 0 heterocycles. The monoisotopic (exact) mass is 340 g/mol. The molecule has 0 spiro atoms. The molecule has 5 heteroatoms. The summed E-state index contributed by atoms with van der Waals surface area (Å²) in [4.78, 5) is 24.2. The molecule has 132 valence electrons. The van der Waals surface area contributed by atoms with Crippen molar-refractivity contribution in [2.45, 2.75) is 51.2 Å². The van der Waals surface area contributed by atoms with Crippen LogP contribution in [-0.2, 0) is 4.79 Å². The highest BCUT2D eigenvalue weighted by atomic mass is 16.5. The number of fused-ring (bicyclic) bond motifs is 1. The molecule has 3 rings (SSSR count). The first-order valence-electron chi connectivity index (χ1n) is 8.89. The normalized spacial score (nSPS) is 16.2. The third kappa shape index (κ3) is 4.50. The Balaban J connectivity index is 1.57. The van der Waals surface area contributed by atoms with Crippen molar-refractivity contribution in [1.82, 2.24) is 10.6 Å². The maximum absolute atomic E-state index is 12.2. The molecule has 1 saturated carbocycles. The first-order valence-corrected chi connectivity index (χ1v) is 8.89. The van der Waals surface area contributed by atoms with Gasteiger partial charge in [-0.05, 0) is 31.2 Å². The zero-order valence-corrected chi connectivity index (χ0v) is 14.5. The molecular weight excluding hydrogens is 316 g/mol. The van der Waals surface area contributed by atoms with Crippen LogP contribution in [0.3, 0.4) is 0 Å². The molecule has 2 aromatic carbocycles. The Hall–Kier alpha value is -2.56. The van der Waals surface area contributed by atoms with E-state index in [0.29, 0.717) is 5.75 Å². The number of nitrogens with one attached hydrogen (secondary N) is 2. The topological polar surface area (TPSA) is 67.4 Å². The van der Waals surface area contributed by atoms with E-state index < -0.39 is 18.0 Å². The minimum atomic E-state index is -0.761. The Morgan fingerprint density at radius 2 is 1.76 bits per heavy atom. The first-order chi connectivity index (χ1) is 12.1. The highest BCUT2D eigenvalue weighted by Crippen LogP contribution is 2.26. The van der Waals surface area contributed by atoms with Gasteiger partial charge in [0.25, 0.3) is 5.91 Å². The lowest BCUT2D eigenvalue weighted by atomic mass is 9.96. The van der Waals surface area contributed by atoms with Gasteiger partial charge in [-0.2, -0.15) is 0 Å². The van der Waals surface area contributed by atoms with Gasteiger partial charge >= 0.3 is 6.03 Å². The molecule has 3 amide bonds. The summed E-state index contributed by atoms with van der Waals surface area (Å²) in [6.07, 6.45) is 4.66. The number of carbonyl (C=O) groups excluding carboxylic acids is 2. The van der Waals surface area contributed by atoms with E-state index in [-0.39, 0.29) is 6.04 Å². The predicted molar refractivity (Wildman–Crippen MR) is 97.6 cm³/mol. The van der Waals surface area contributed by atoms with Crippen molar-refractivity contribution >= 4 is 22.7 Å². The van der Waals surface area contributed by atoms with E-state index in [0.717, 1.165) is 36.5 Å². The van der Waals surface area contributed by atoms with Crippen LogP contribution in [0.4, 0.5) is 4.79 Å². The SMILES string of the molecule is C[C@@H](Oc1cccc2ccccc12)C(=O)NC(=O)NC1CCCCC1. The molecule has 0 bridgehead atoms. The summed E-state index contributed by atoms with van der Waals surface area (Å²) in [5.41, 5.74) is 0. The van der Waals surface area contributed by atoms with Crippen LogP contribution >= 0.6 is 0 Å². The molecule has 0 unspecified atom stereocenters. The molecule has 1 fully saturated rings. The van der Waals surface area contributed by atoms with Crippen molar-refractivity contribution in [3.8, 4) is 5.75 Å². The summed E-state index contributed by atoms with van der Waals surface area (Å²) >= 11 is 0. The highest BCUT2D eigenvalue weighted by molar-refractivity contribution is 5.97. The van der Waals surface area contributed by atoms with E-state index in [1.54, 1.807) is 6.92 Å². The number of rotatable bonds is 4. The Morgan fingerprint density at radius 3 is 2.56 bits per heavy atom. The Morgan fingerprint density at radius 1 is 1.04 bits per heavy atom. The summed E-state index contributed by atoms with van der Waals surface area (Å²) in [6.45, 7) is 1.64. The summed E-state index contributed by atoms with van der Waals surface area (Å²) in [7, 11) is 0. The molecule has 25 heavy (non-hydrogen) atoms. The van der Waals surface area contributed by atoms with Crippen LogP contribution in [0.1, 0.15) is 39.0 Å². The van der Waals surface area contributed by atoms with Gasteiger partial charge < -0.3 is 10.1 Å². The second kappa shape index (κ2) is 8.01. The van der Waals surface area contributed by atoms with Crippen LogP contribution in [0.25, 0.3) is 10.8 Å². The number of hydrogen-bond acceptors (Lipinski definition) is 3. The molecule has 1 aliphatic carbocycles. The van der Waals surface area contributed by atoms with E-state index in [4.69, 9.17) is 4.74 Å². The zero-order chi connectivity index (χ0) is 17.6. The summed E-state index contributed by atoms with van der Waals surface area (Å²) in [6, 6.07) is 13.3. The maximum Gasteiger partial charge on any atom is 0.321 e. The fourth-order valence-electron chi connectivity index (χ4n) is 3.22. The standard InChI is InChI=1S/C20H24N2O3/c1-14(19(23)22-20(24)21-16-10-3-2-4-11-16)25-18-13-7-9-15-8-5-6-12-17(15)18/h5-9,12-14,16H,2-4,10-11H2,1H3,(H2,21,22,23,24)/t14-/m1/s1. The molecular formula is C20H24N2O3. The molecule has 2 N–H and O–H groups in total. The lowest BCUT2D eigenvalue weighted by Gasteiger charge is -2.23. The third-order valence-electron chi connectivity index (χ3n) is 4.60. The molecule has 0 radical (unpaired) electrons. The van der Waals surface area contributed by atoms with Crippen molar-refractivity contribution in [2.75, 3.05) is 0 Å². The number of benzene rings is 2. The molecule has 1 atom stereocenters. The number of carbonyl (C=O) groups is 2. The van der Waals surface area contributed by atoms with Gasteiger partial charge in [0.1, 0.15) is 5.75 Å². The average molecular weight is 340 g/mol. The van der Waals surface area contributed by atoms with Crippen LogP contribution in [0.2, 0.25) is 0 Å². The summed E-state index contributed by atoms with van der Waals surface area (Å²) < 4.78 is 5.79. The van der Waals surface area contributed by atoms with Gasteiger partial charge in [-0.1, -0.05) is 55.7 Å². The van der Waals surface area contributed by atoms with E-state index in [2.05, 4.69) is 10.6 Å². The van der Waals surface area contributed by atoms with Gasteiger partial charge in [0.05, 0.1) is 0 Å². The van der Waals surface area contributed by atoms with Gasteiger partial charge in [0.15, 0.2) is 6.10 Å². The van der Waals surface area contributed by atoms with Crippen LogP contribution in [0.15, 0.2) is 42.5 Å². The van der Waals surface area contributed by atoms with Gasteiger partial charge in [-0.15, -0.1) is 0 Å². The fraction of sp³-hybridized carbons (Fsp3) is 0.400. The van der Waals surface area contributed by atoms with Gasteiger partial charge in [-0.25, -0.2) is 4.79 Å². The van der Waals surface area contributed by atoms with Crippen molar-refractivity contribution in [2.24, 2.45) is 0 Å². The molecule has 0 saturated heterocycles.